The van der Waals surface area contributed by atoms with E-state index in [1.807, 2.05) is 47.0 Å². The summed E-state index contributed by atoms with van der Waals surface area (Å²) in [5, 5.41) is 28.1. The van der Waals surface area contributed by atoms with E-state index in [1.165, 1.54) is 16.7 Å². The number of amides is 1. The summed E-state index contributed by atoms with van der Waals surface area (Å²) >= 11 is 7.26. The van der Waals surface area contributed by atoms with Crippen LogP contribution in [-0.4, -0.2) is 67.8 Å². The van der Waals surface area contributed by atoms with Gasteiger partial charge in [0.2, 0.25) is 5.91 Å². The quantitative estimate of drug-likeness (QED) is 0.505. The Kier molecular flexibility index (Phi) is 7.65. The van der Waals surface area contributed by atoms with E-state index in [-0.39, 0.29) is 38.0 Å². The van der Waals surface area contributed by atoms with Gasteiger partial charge in [-0.15, -0.1) is 10.2 Å². The van der Waals surface area contributed by atoms with Crippen molar-refractivity contribution >= 4 is 29.3 Å². The molecule has 0 aliphatic carbocycles. The minimum atomic E-state index is -0.186. The number of benzene rings is 2. The minimum absolute atomic E-state index is 0.117. The predicted molar refractivity (Wildman–Crippen MR) is 113 cm³/mol. The molecular weight excluding hydrogens is 412 g/mol. The van der Waals surface area contributed by atoms with Gasteiger partial charge in [-0.1, -0.05) is 41.6 Å². The van der Waals surface area contributed by atoms with Crippen LogP contribution >= 0.6 is 23.4 Å². The molecule has 2 N–H and O–H groups in total. The molecule has 3 aromatic rings. The molecule has 0 aliphatic heterocycles. The Balaban J connectivity index is 1.89. The summed E-state index contributed by atoms with van der Waals surface area (Å²) in [5.74, 6) is 0.574. The molecule has 0 fully saturated rings. The van der Waals surface area contributed by atoms with Crippen molar-refractivity contribution in [1.29, 1.82) is 0 Å². The Labute approximate surface area is 177 Å². The van der Waals surface area contributed by atoms with E-state index in [2.05, 4.69) is 10.2 Å². The van der Waals surface area contributed by atoms with Crippen molar-refractivity contribution in [2.75, 3.05) is 32.1 Å². The van der Waals surface area contributed by atoms with Crippen LogP contribution in [0.15, 0.2) is 59.8 Å². The second-order valence-corrected chi connectivity index (χ2v) is 7.48. The molecule has 0 aliphatic rings. The third-order valence-corrected chi connectivity index (χ3v) is 5.33. The number of carbonyl (C=O) groups excluding carboxylic acids is 1. The summed E-state index contributed by atoms with van der Waals surface area (Å²) in [6.07, 6.45) is 0. The van der Waals surface area contributed by atoms with Crippen LogP contribution in [0.5, 0.6) is 0 Å². The van der Waals surface area contributed by atoms with E-state index in [0.29, 0.717) is 16.0 Å². The van der Waals surface area contributed by atoms with E-state index in [0.717, 1.165) is 11.3 Å². The lowest BCUT2D eigenvalue weighted by Gasteiger charge is -2.20. The van der Waals surface area contributed by atoms with E-state index in [1.54, 1.807) is 12.1 Å². The van der Waals surface area contributed by atoms with E-state index >= 15 is 0 Å². The predicted octanol–water partition coefficient (Wildman–Crippen LogP) is 2.49. The summed E-state index contributed by atoms with van der Waals surface area (Å²) in [7, 11) is 0. The van der Waals surface area contributed by atoms with Gasteiger partial charge in [0.05, 0.1) is 19.0 Å². The Bertz CT molecular complexity index is 929. The maximum atomic E-state index is 12.5. The highest BCUT2D eigenvalue weighted by atomic mass is 35.5. The van der Waals surface area contributed by atoms with E-state index < -0.39 is 0 Å². The van der Waals surface area contributed by atoms with Crippen LogP contribution in [-0.2, 0) is 4.79 Å². The summed E-state index contributed by atoms with van der Waals surface area (Å²) in [4.78, 5) is 13.9. The fraction of sp³-hybridized carbons (Fsp3) is 0.250. The second-order valence-electron chi connectivity index (χ2n) is 6.10. The standard InChI is InChI=1S/C20H21ClN4O3S/c21-16-8-6-15(7-9-16)19-22-23-20(25(19)17-4-2-1-3-5-17)29-14-18(28)24(10-12-26)11-13-27/h1-9,26-27H,10-14H2. The average Bonchev–Trinajstić information content (AvgIpc) is 3.17. The van der Waals surface area contributed by atoms with Crippen molar-refractivity contribution in [3.8, 4) is 17.1 Å². The number of aliphatic hydroxyl groups excluding tert-OH is 2. The smallest absolute Gasteiger partial charge is 0.233 e. The van der Waals surface area contributed by atoms with Crippen molar-refractivity contribution in [2.45, 2.75) is 5.16 Å². The molecule has 29 heavy (non-hydrogen) atoms. The molecule has 0 spiro atoms. The molecule has 7 nitrogen and oxygen atoms in total. The zero-order valence-electron chi connectivity index (χ0n) is 15.6. The van der Waals surface area contributed by atoms with Gasteiger partial charge in [-0.3, -0.25) is 9.36 Å². The molecule has 9 heteroatoms. The number of hydrogen-bond acceptors (Lipinski definition) is 6. The van der Waals surface area contributed by atoms with Crippen molar-refractivity contribution < 1.29 is 15.0 Å². The summed E-state index contributed by atoms with van der Waals surface area (Å²) in [6, 6.07) is 17.0. The first-order chi connectivity index (χ1) is 14.1. The fourth-order valence-electron chi connectivity index (χ4n) is 2.78. The highest BCUT2D eigenvalue weighted by molar-refractivity contribution is 7.99. The molecule has 152 valence electrons. The third-order valence-electron chi connectivity index (χ3n) is 4.17. The number of aromatic nitrogens is 3. The van der Waals surface area contributed by atoms with Crippen LogP contribution in [0, 0.1) is 0 Å². The van der Waals surface area contributed by atoms with Gasteiger partial charge in [-0.2, -0.15) is 0 Å². The molecule has 0 bridgehead atoms. The summed E-state index contributed by atoms with van der Waals surface area (Å²) in [6.45, 7) is 0.0529. The van der Waals surface area contributed by atoms with Crippen LogP contribution in [0.3, 0.4) is 0 Å². The van der Waals surface area contributed by atoms with Gasteiger partial charge in [-0.05, 0) is 36.4 Å². The van der Waals surface area contributed by atoms with Crippen LogP contribution in [0.1, 0.15) is 0 Å². The lowest BCUT2D eigenvalue weighted by molar-refractivity contribution is -0.129. The largest absolute Gasteiger partial charge is 0.395 e. The van der Waals surface area contributed by atoms with Gasteiger partial charge in [0.15, 0.2) is 11.0 Å². The summed E-state index contributed by atoms with van der Waals surface area (Å²) < 4.78 is 1.89. The maximum Gasteiger partial charge on any atom is 0.233 e. The SMILES string of the molecule is O=C(CSc1nnc(-c2ccc(Cl)cc2)n1-c1ccccc1)N(CCO)CCO. The maximum absolute atomic E-state index is 12.5. The van der Waals surface area contributed by atoms with Crippen LogP contribution in [0.2, 0.25) is 5.02 Å². The number of hydrogen-bond donors (Lipinski definition) is 2. The van der Waals surface area contributed by atoms with Crippen LogP contribution in [0.25, 0.3) is 17.1 Å². The Morgan fingerprint density at radius 1 is 1.00 bits per heavy atom. The molecule has 0 radical (unpaired) electrons. The number of carbonyl (C=O) groups is 1. The van der Waals surface area contributed by atoms with E-state index in [9.17, 15) is 4.79 Å². The molecule has 0 saturated heterocycles. The number of thioether (sulfide) groups is 1. The molecule has 3 rings (SSSR count). The van der Waals surface area contributed by atoms with Gasteiger partial charge >= 0.3 is 0 Å². The first-order valence-electron chi connectivity index (χ1n) is 9.03. The molecule has 0 unspecified atom stereocenters. The average molecular weight is 433 g/mol. The Morgan fingerprint density at radius 3 is 2.28 bits per heavy atom. The van der Waals surface area contributed by atoms with Crippen molar-refractivity contribution in [1.82, 2.24) is 19.7 Å². The Hall–Kier alpha value is -2.39. The number of para-hydroxylation sites is 1. The highest BCUT2D eigenvalue weighted by Gasteiger charge is 2.19. The van der Waals surface area contributed by atoms with Crippen molar-refractivity contribution in [3.63, 3.8) is 0 Å². The first kappa shape index (κ1) is 21.3. The molecule has 2 aromatic carbocycles. The van der Waals surface area contributed by atoms with Crippen molar-refractivity contribution in [2.24, 2.45) is 0 Å². The van der Waals surface area contributed by atoms with E-state index in [4.69, 9.17) is 21.8 Å². The number of nitrogens with zero attached hydrogens (tertiary/aromatic N) is 4. The van der Waals surface area contributed by atoms with Gasteiger partial charge in [0.25, 0.3) is 0 Å². The van der Waals surface area contributed by atoms with Crippen molar-refractivity contribution in [3.05, 3.63) is 59.6 Å². The third kappa shape index (κ3) is 5.36. The van der Waals surface area contributed by atoms with Gasteiger partial charge in [0, 0.05) is 29.4 Å². The van der Waals surface area contributed by atoms with Gasteiger partial charge in [-0.25, -0.2) is 0 Å². The molecule has 0 atom stereocenters. The minimum Gasteiger partial charge on any atom is -0.395 e. The molecular formula is C20H21ClN4O3S. The lowest BCUT2D eigenvalue weighted by Crippen LogP contribution is -2.37. The first-order valence-corrected chi connectivity index (χ1v) is 10.4. The van der Waals surface area contributed by atoms with Crippen LogP contribution in [0.4, 0.5) is 0 Å². The van der Waals surface area contributed by atoms with Gasteiger partial charge < -0.3 is 15.1 Å². The monoisotopic (exact) mass is 432 g/mol. The zero-order chi connectivity index (χ0) is 20.6. The Morgan fingerprint density at radius 2 is 1.66 bits per heavy atom. The second kappa shape index (κ2) is 10.4. The normalized spacial score (nSPS) is 10.9. The molecule has 0 saturated carbocycles. The van der Waals surface area contributed by atoms with Crippen LogP contribution < -0.4 is 0 Å². The summed E-state index contributed by atoms with van der Waals surface area (Å²) in [5.41, 5.74) is 1.73. The molecule has 1 heterocycles. The fourth-order valence-corrected chi connectivity index (χ4v) is 3.76. The molecule has 1 aromatic heterocycles. The zero-order valence-corrected chi connectivity index (χ0v) is 17.2. The molecule has 1 amide bonds. The number of halogens is 1. The lowest BCUT2D eigenvalue weighted by atomic mass is 10.2. The highest BCUT2D eigenvalue weighted by Crippen LogP contribution is 2.28. The topological polar surface area (TPSA) is 91.5 Å². The number of rotatable bonds is 9. The number of aliphatic hydroxyl groups is 2. The van der Waals surface area contributed by atoms with Gasteiger partial charge in [0.1, 0.15) is 0 Å².